The van der Waals surface area contributed by atoms with Crippen LogP contribution < -0.4 is 5.32 Å². The molecule has 3 aromatic carbocycles. The highest BCUT2D eigenvalue weighted by molar-refractivity contribution is 7.99. The molecule has 0 bridgehead atoms. The Bertz CT molecular complexity index is 910. The number of amides is 1. The topological polar surface area (TPSA) is 46.2 Å². The first-order valence-corrected chi connectivity index (χ1v) is 9.85. The van der Waals surface area contributed by atoms with Gasteiger partial charge in [0.05, 0.1) is 10.9 Å². The molecule has 1 amide bonds. The summed E-state index contributed by atoms with van der Waals surface area (Å²) in [7, 11) is 0. The Hall–Kier alpha value is -2.85. The lowest BCUT2D eigenvalue weighted by molar-refractivity contribution is -0.115. The van der Waals surface area contributed by atoms with E-state index in [-0.39, 0.29) is 16.9 Å². The number of carbonyl (C=O) groups is 2. The highest BCUT2D eigenvalue weighted by Crippen LogP contribution is 2.22. The van der Waals surface area contributed by atoms with Crippen molar-refractivity contribution in [3.63, 3.8) is 0 Å². The summed E-state index contributed by atoms with van der Waals surface area (Å²) in [6.07, 6.45) is 0. The summed E-state index contributed by atoms with van der Waals surface area (Å²) in [5, 5.41) is 2.69. The molecule has 0 aromatic heterocycles. The molecular formula is C23H21NO2S. The van der Waals surface area contributed by atoms with Crippen LogP contribution >= 0.6 is 11.8 Å². The molecule has 4 heteroatoms. The van der Waals surface area contributed by atoms with Crippen LogP contribution in [0.5, 0.6) is 0 Å². The van der Waals surface area contributed by atoms with E-state index in [1.54, 1.807) is 42.1 Å². The molecular weight excluding hydrogens is 354 g/mol. The number of nitrogens with one attached hydrogen (secondary N) is 1. The molecule has 0 saturated heterocycles. The minimum absolute atomic E-state index is 0.101. The van der Waals surface area contributed by atoms with Crippen molar-refractivity contribution in [3.8, 4) is 0 Å². The molecule has 0 spiro atoms. The standard InChI is InChI=1S/C23H21NO2S/c1-17(27-16-18-10-4-2-5-11-18)23(26)24-21-15-9-8-14-20(21)22(25)19-12-6-3-7-13-19/h2-15,17H,16H2,1H3,(H,24,26). The molecule has 0 radical (unpaired) electrons. The molecule has 27 heavy (non-hydrogen) atoms. The fourth-order valence-electron chi connectivity index (χ4n) is 2.64. The Labute approximate surface area is 163 Å². The van der Waals surface area contributed by atoms with Gasteiger partial charge in [-0.1, -0.05) is 72.8 Å². The summed E-state index contributed by atoms with van der Waals surface area (Å²) < 4.78 is 0. The number of para-hydroxylation sites is 1. The third-order valence-electron chi connectivity index (χ3n) is 4.18. The van der Waals surface area contributed by atoms with E-state index in [0.717, 1.165) is 5.75 Å². The van der Waals surface area contributed by atoms with Gasteiger partial charge in [0.15, 0.2) is 5.78 Å². The number of hydrogen-bond donors (Lipinski definition) is 1. The van der Waals surface area contributed by atoms with Crippen LogP contribution in [0.3, 0.4) is 0 Å². The Morgan fingerprint density at radius 2 is 1.44 bits per heavy atom. The Balaban J connectivity index is 1.68. The highest BCUT2D eigenvalue weighted by Gasteiger charge is 2.18. The van der Waals surface area contributed by atoms with Crippen molar-refractivity contribution in [3.05, 3.63) is 102 Å². The third-order valence-corrected chi connectivity index (χ3v) is 5.39. The van der Waals surface area contributed by atoms with Gasteiger partial charge in [-0.15, -0.1) is 11.8 Å². The zero-order valence-corrected chi connectivity index (χ0v) is 15.9. The molecule has 0 aliphatic carbocycles. The van der Waals surface area contributed by atoms with Gasteiger partial charge < -0.3 is 5.32 Å². The van der Waals surface area contributed by atoms with Gasteiger partial charge in [-0.2, -0.15) is 0 Å². The predicted octanol–water partition coefficient (Wildman–Crippen LogP) is 5.18. The summed E-state index contributed by atoms with van der Waals surface area (Å²) in [6.45, 7) is 1.88. The number of hydrogen-bond acceptors (Lipinski definition) is 3. The second-order valence-corrected chi connectivity index (χ2v) is 7.50. The molecule has 3 rings (SSSR count). The quantitative estimate of drug-likeness (QED) is 0.579. The molecule has 0 aliphatic rings. The van der Waals surface area contributed by atoms with E-state index in [1.807, 2.05) is 61.5 Å². The van der Waals surface area contributed by atoms with Gasteiger partial charge in [-0.3, -0.25) is 9.59 Å². The molecule has 1 unspecified atom stereocenters. The van der Waals surface area contributed by atoms with Crippen LogP contribution in [0.2, 0.25) is 0 Å². The van der Waals surface area contributed by atoms with E-state index in [9.17, 15) is 9.59 Å². The van der Waals surface area contributed by atoms with Crippen molar-refractivity contribution in [1.82, 2.24) is 0 Å². The summed E-state index contributed by atoms with van der Waals surface area (Å²) >= 11 is 1.57. The zero-order chi connectivity index (χ0) is 19.1. The number of anilines is 1. The Kier molecular flexibility index (Phi) is 6.44. The fraction of sp³-hybridized carbons (Fsp3) is 0.130. The number of benzene rings is 3. The first-order chi connectivity index (χ1) is 13.1. The van der Waals surface area contributed by atoms with Gasteiger partial charge in [-0.05, 0) is 24.6 Å². The summed E-state index contributed by atoms with van der Waals surface area (Å²) in [4.78, 5) is 25.4. The van der Waals surface area contributed by atoms with E-state index < -0.39 is 0 Å². The molecule has 3 nitrogen and oxygen atoms in total. The zero-order valence-electron chi connectivity index (χ0n) is 15.1. The van der Waals surface area contributed by atoms with Crippen LogP contribution in [0, 0.1) is 0 Å². The summed E-state index contributed by atoms with van der Waals surface area (Å²) in [6, 6.07) is 26.3. The van der Waals surface area contributed by atoms with Crippen LogP contribution in [0.1, 0.15) is 28.4 Å². The highest BCUT2D eigenvalue weighted by atomic mass is 32.2. The number of thioether (sulfide) groups is 1. The van der Waals surface area contributed by atoms with Gasteiger partial charge >= 0.3 is 0 Å². The van der Waals surface area contributed by atoms with Crippen LogP contribution in [-0.4, -0.2) is 16.9 Å². The monoisotopic (exact) mass is 375 g/mol. The molecule has 3 aromatic rings. The number of carbonyl (C=O) groups excluding carboxylic acids is 2. The molecule has 1 atom stereocenters. The van der Waals surface area contributed by atoms with Gasteiger partial charge in [-0.25, -0.2) is 0 Å². The predicted molar refractivity (Wildman–Crippen MR) is 112 cm³/mol. The molecule has 0 heterocycles. The molecule has 0 aliphatic heterocycles. The third kappa shape index (κ3) is 5.08. The lowest BCUT2D eigenvalue weighted by Gasteiger charge is -2.14. The van der Waals surface area contributed by atoms with Crippen LogP contribution in [0.15, 0.2) is 84.9 Å². The van der Waals surface area contributed by atoms with E-state index in [4.69, 9.17) is 0 Å². The maximum absolute atomic E-state index is 12.8. The minimum atomic E-state index is -0.231. The number of ketones is 1. The normalized spacial score (nSPS) is 11.6. The molecule has 0 saturated carbocycles. The van der Waals surface area contributed by atoms with Crippen molar-refractivity contribution < 1.29 is 9.59 Å². The van der Waals surface area contributed by atoms with E-state index >= 15 is 0 Å². The minimum Gasteiger partial charge on any atom is -0.324 e. The SMILES string of the molecule is CC(SCc1ccccc1)C(=O)Nc1ccccc1C(=O)c1ccccc1. The van der Waals surface area contributed by atoms with Gasteiger partial charge in [0.25, 0.3) is 0 Å². The van der Waals surface area contributed by atoms with Crippen molar-refractivity contribution in [2.45, 2.75) is 17.9 Å². The summed E-state index contributed by atoms with van der Waals surface area (Å²) in [5.74, 6) is 0.556. The van der Waals surface area contributed by atoms with Crippen molar-refractivity contribution in [1.29, 1.82) is 0 Å². The number of rotatable bonds is 7. The van der Waals surface area contributed by atoms with E-state index in [2.05, 4.69) is 5.32 Å². The van der Waals surface area contributed by atoms with Crippen LogP contribution in [-0.2, 0) is 10.5 Å². The smallest absolute Gasteiger partial charge is 0.237 e. The summed E-state index contributed by atoms with van der Waals surface area (Å²) in [5.41, 5.74) is 2.83. The average molecular weight is 375 g/mol. The molecule has 0 fully saturated rings. The second kappa shape index (κ2) is 9.19. The van der Waals surface area contributed by atoms with Gasteiger partial charge in [0.2, 0.25) is 5.91 Å². The average Bonchev–Trinajstić information content (AvgIpc) is 2.73. The fourth-order valence-corrected chi connectivity index (χ4v) is 3.49. The molecule has 136 valence electrons. The van der Waals surface area contributed by atoms with Crippen molar-refractivity contribution in [2.24, 2.45) is 0 Å². The largest absolute Gasteiger partial charge is 0.324 e. The molecule has 1 N–H and O–H groups in total. The van der Waals surface area contributed by atoms with E-state index in [1.165, 1.54) is 5.56 Å². The first kappa shape index (κ1) is 18.9. The Morgan fingerprint density at radius 1 is 0.852 bits per heavy atom. The Morgan fingerprint density at radius 3 is 2.15 bits per heavy atom. The van der Waals surface area contributed by atoms with Crippen molar-refractivity contribution in [2.75, 3.05) is 5.32 Å². The van der Waals surface area contributed by atoms with Crippen LogP contribution in [0.4, 0.5) is 5.69 Å². The first-order valence-electron chi connectivity index (χ1n) is 8.80. The van der Waals surface area contributed by atoms with E-state index in [0.29, 0.717) is 16.8 Å². The van der Waals surface area contributed by atoms with Crippen LogP contribution in [0.25, 0.3) is 0 Å². The van der Waals surface area contributed by atoms with Gasteiger partial charge in [0.1, 0.15) is 0 Å². The maximum atomic E-state index is 12.8. The maximum Gasteiger partial charge on any atom is 0.237 e. The lowest BCUT2D eigenvalue weighted by atomic mass is 10.0. The van der Waals surface area contributed by atoms with Crippen molar-refractivity contribution >= 4 is 29.1 Å². The second-order valence-electron chi connectivity index (χ2n) is 6.17. The lowest BCUT2D eigenvalue weighted by Crippen LogP contribution is -2.24. The van der Waals surface area contributed by atoms with Gasteiger partial charge in [0, 0.05) is 16.9 Å².